The summed E-state index contributed by atoms with van der Waals surface area (Å²) in [5.74, 6) is 0.653. The van der Waals surface area contributed by atoms with Crippen LogP contribution < -0.4 is 0 Å². The van der Waals surface area contributed by atoms with E-state index in [0.717, 1.165) is 16.1 Å². The Balaban J connectivity index is 2.27. The van der Waals surface area contributed by atoms with Crippen LogP contribution in [0.5, 0.6) is 0 Å². The highest BCUT2D eigenvalue weighted by molar-refractivity contribution is 8.45. The van der Waals surface area contributed by atoms with Gasteiger partial charge in [0.25, 0.3) is 0 Å². The van der Waals surface area contributed by atoms with Crippen molar-refractivity contribution in [3.05, 3.63) is 29.9 Å². The van der Waals surface area contributed by atoms with Gasteiger partial charge in [-0.1, -0.05) is 0 Å². The van der Waals surface area contributed by atoms with Crippen molar-refractivity contribution in [1.82, 2.24) is 0 Å². The molecule has 2 rings (SSSR count). The summed E-state index contributed by atoms with van der Waals surface area (Å²) in [7, 11) is 0. The minimum atomic E-state index is -0.0225. The van der Waals surface area contributed by atoms with Crippen molar-refractivity contribution >= 4 is 39.1 Å². The molecule has 0 fully saturated rings. The molecule has 0 spiro atoms. The van der Waals surface area contributed by atoms with Crippen LogP contribution in [0.15, 0.2) is 33.5 Å². The highest BCUT2D eigenvalue weighted by atomic mass is 32.2. The van der Waals surface area contributed by atoms with E-state index in [4.69, 9.17) is 4.42 Å². The van der Waals surface area contributed by atoms with Crippen LogP contribution in [-0.4, -0.2) is 15.7 Å². The van der Waals surface area contributed by atoms with Gasteiger partial charge in [-0.2, -0.15) is 0 Å². The minimum absolute atomic E-state index is 0.0225. The fourth-order valence-electron chi connectivity index (χ4n) is 0.985. The van der Waals surface area contributed by atoms with Crippen LogP contribution in [0.25, 0.3) is 6.08 Å². The van der Waals surface area contributed by atoms with Crippen molar-refractivity contribution in [3.63, 3.8) is 0 Å². The van der Waals surface area contributed by atoms with Crippen molar-refractivity contribution in [1.29, 1.82) is 0 Å². The highest BCUT2D eigenvalue weighted by Gasteiger charge is 2.21. The molecule has 3 nitrogen and oxygen atoms in total. The number of carbonyl (C=O) groups excluding carboxylic acids is 1. The van der Waals surface area contributed by atoms with Crippen LogP contribution in [0.2, 0.25) is 0 Å². The van der Waals surface area contributed by atoms with Crippen molar-refractivity contribution in [3.8, 4) is 0 Å². The third-order valence-electron chi connectivity index (χ3n) is 1.60. The molecule has 0 N–H and O–H groups in total. The Kier molecular flexibility index (Phi) is 2.79. The molecule has 1 aromatic rings. The van der Waals surface area contributed by atoms with Gasteiger partial charge in [0.2, 0.25) is 5.12 Å². The Labute approximate surface area is 89.7 Å². The first kappa shape index (κ1) is 9.61. The number of hydrogen-bond acceptors (Lipinski definition) is 5. The lowest BCUT2D eigenvalue weighted by Crippen LogP contribution is -1.86. The number of carbonyl (C=O) groups is 1. The van der Waals surface area contributed by atoms with Gasteiger partial charge >= 0.3 is 0 Å². The van der Waals surface area contributed by atoms with E-state index in [1.165, 1.54) is 11.8 Å². The van der Waals surface area contributed by atoms with E-state index < -0.39 is 0 Å². The molecule has 72 valence electrons. The zero-order valence-corrected chi connectivity index (χ0v) is 9.02. The van der Waals surface area contributed by atoms with E-state index >= 15 is 0 Å². The summed E-state index contributed by atoms with van der Waals surface area (Å²) >= 11 is 2.63. The second kappa shape index (κ2) is 4.06. The van der Waals surface area contributed by atoms with Gasteiger partial charge in [0, 0.05) is 6.08 Å². The molecule has 1 aliphatic heterocycles. The maximum Gasteiger partial charge on any atom is 0.244 e. The van der Waals surface area contributed by atoms with E-state index in [-0.39, 0.29) is 5.12 Å². The molecular weight excluding hydrogens is 218 g/mol. The summed E-state index contributed by atoms with van der Waals surface area (Å²) in [6.45, 7) is 0. The van der Waals surface area contributed by atoms with Gasteiger partial charge in [0.05, 0.1) is 6.26 Å². The Morgan fingerprint density at radius 3 is 3.07 bits per heavy atom. The molecule has 0 radical (unpaired) electrons. The van der Waals surface area contributed by atoms with Crippen LogP contribution in [0, 0.1) is 0 Å². The molecule has 0 unspecified atom stereocenters. The normalized spacial score (nSPS) is 19.1. The first-order valence-electron chi connectivity index (χ1n) is 3.89. The predicted molar refractivity (Wildman–Crippen MR) is 60.2 cm³/mol. The van der Waals surface area contributed by atoms with Gasteiger partial charge in [-0.05, 0) is 30.2 Å². The van der Waals surface area contributed by atoms with E-state index in [2.05, 4.69) is 4.99 Å². The number of thioether (sulfide) groups is 2. The Morgan fingerprint density at radius 1 is 1.64 bits per heavy atom. The maximum absolute atomic E-state index is 11.4. The summed E-state index contributed by atoms with van der Waals surface area (Å²) in [4.78, 5) is 15.6. The lowest BCUT2D eigenvalue weighted by molar-refractivity contribution is -0.107. The third kappa shape index (κ3) is 1.93. The smallest absolute Gasteiger partial charge is 0.244 e. The van der Waals surface area contributed by atoms with Crippen molar-refractivity contribution < 1.29 is 9.21 Å². The topological polar surface area (TPSA) is 42.6 Å². The summed E-state index contributed by atoms with van der Waals surface area (Å²) in [6.07, 6.45) is 5.12. The average Bonchev–Trinajstić information content (AvgIpc) is 2.78. The molecule has 0 atom stereocenters. The largest absolute Gasteiger partial charge is 0.465 e. The number of rotatable bonds is 1. The lowest BCUT2D eigenvalue weighted by atomic mass is 10.3. The van der Waals surface area contributed by atoms with Gasteiger partial charge in [0.15, 0.2) is 0 Å². The minimum Gasteiger partial charge on any atom is -0.465 e. The van der Waals surface area contributed by atoms with Gasteiger partial charge < -0.3 is 4.42 Å². The van der Waals surface area contributed by atoms with Crippen LogP contribution in [-0.2, 0) is 4.79 Å². The predicted octanol–water partition coefficient (Wildman–Crippen LogP) is 2.61. The molecule has 14 heavy (non-hydrogen) atoms. The van der Waals surface area contributed by atoms with Gasteiger partial charge in [-0.3, -0.25) is 4.79 Å². The van der Waals surface area contributed by atoms with E-state index in [1.807, 2.05) is 6.26 Å². The molecule has 0 amide bonds. The van der Waals surface area contributed by atoms with E-state index in [0.29, 0.717) is 11.5 Å². The van der Waals surface area contributed by atoms with Crippen molar-refractivity contribution in [2.45, 2.75) is 0 Å². The first-order chi connectivity index (χ1) is 6.79. The monoisotopic (exact) mass is 225 g/mol. The maximum atomic E-state index is 11.4. The van der Waals surface area contributed by atoms with Crippen LogP contribution >= 0.6 is 23.5 Å². The molecule has 0 aromatic carbocycles. The van der Waals surface area contributed by atoms with Crippen LogP contribution in [0.4, 0.5) is 0 Å². The molecule has 5 heteroatoms. The van der Waals surface area contributed by atoms with E-state index in [1.54, 1.807) is 24.5 Å². The molecular formula is C9H7NO2S2. The molecule has 0 saturated heterocycles. The number of hydrogen-bond donors (Lipinski definition) is 0. The third-order valence-corrected chi connectivity index (χ3v) is 3.45. The number of nitrogens with zero attached hydrogens (tertiary/aromatic N) is 1. The summed E-state index contributed by atoms with van der Waals surface area (Å²) in [5, 5.41) is -0.0225. The van der Waals surface area contributed by atoms with Crippen LogP contribution in [0.3, 0.4) is 0 Å². The Hall–Kier alpha value is -0.940. The molecule has 1 aromatic heterocycles. The summed E-state index contributed by atoms with van der Waals surface area (Å²) < 4.78 is 5.88. The van der Waals surface area contributed by atoms with E-state index in [9.17, 15) is 4.79 Å². The first-order valence-corrected chi connectivity index (χ1v) is 5.94. The van der Waals surface area contributed by atoms with Crippen LogP contribution in [0.1, 0.15) is 5.76 Å². The Morgan fingerprint density at radius 2 is 2.50 bits per heavy atom. The van der Waals surface area contributed by atoms with Crippen molar-refractivity contribution in [2.24, 2.45) is 4.99 Å². The summed E-state index contributed by atoms with van der Waals surface area (Å²) in [6, 6.07) is 3.57. The molecule has 0 bridgehead atoms. The number of furan rings is 1. The zero-order valence-electron chi connectivity index (χ0n) is 7.39. The number of aliphatic imine (C=N–C) groups is 1. The highest BCUT2D eigenvalue weighted by Crippen LogP contribution is 2.29. The molecule has 0 aliphatic carbocycles. The standard InChI is InChI=1S/C9H7NO2S2/c1-13-9-10-7(8(11)14-9)5-6-3-2-4-12-6/h2-5H,1H3/b7-5+. The van der Waals surface area contributed by atoms with Gasteiger partial charge in [0.1, 0.15) is 15.8 Å². The molecule has 2 heterocycles. The van der Waals surface area contributed by atoms with Gasteiger partial charge in [-0.15, -0.1) is 11.8 Å². The summed E-state index contributed by atoms with van der Waals surface area (Å²) in [5.41, 5.74) is 0.453. The fraction of sp³-hybridized carbons (Fsp3) is 0.111. The molecule has 1 aliphatic rings. The lowest BCUT2D eigenvalue weighted by Gasteiger charge is -1.86. The zero-order chi connectivity index (χ0) is 9.97. The average molecular weight is 225 g/mol. The van der Waals surface area contributed by atoms with Crippen molar-refractivity contribution in [2.75, 3.05) is 6.26 Å². The SMILES string of the molecule is CSC1=N/C(=C/c2ccco2)C(=O)S1. The Bertz CT molecular complexity index is 406. The fourth-order valence-corrected chi connectivity index (χ4v) is 2.25. The second-order valence-electron chi connectivity index (χ2n) is 2.52. The molecule has 0 saturated carbocycles. The van der Waals surface area contributed by atoms with Gasteiger partial charge in [-0.25, -0.2) is 4.99 Å². The second-order valence-corrected chi connectivity index (χ2v) is 4.53. The quantitative estimate of drug-likeness (QED) is 0.689.